The minimum absolute atomic E-state index is 0.143. The minimum Gasteiger partial charge on any atom is -0.497 e. The van der Waals surface area contributed by atoms with Gasteiger partial charge in [-0.05, 0) is 43.9 Å². The first-order valence-electron chi connectivity index (χ1n) is 7.84. The maximum absolute atomic E-state index is 12.4. The zero-order chi connectivity index (χ0) is 15.2. The van der Waals surface area contributed by atoms with E-state index in [-0.39, 0.29) is 18.0 Å². The quantitative estimate of drug-likeness (QED) is 0.876. The predicted molar refractivity (Wildman–Crippen MR) is 84.4 cm³/mol. The number of methoxy groups -OCH3 is 1. The van der Waals surface area contributed by atoms with Gasteiger partial charge >= 0.3 is 0 Å². The number of rotatable bonds is 6. The molecule has 0 aliphatic carbocycles. The summed E-state index contributed by atoms with van der Waals surface area (Å²) in [7, 11) is 1.67. The van der Waals surface area contributed by atoms with Gasteiger partial charge < -0.3 is 9.64 Å². The highest BCUT2D eigenvalue weighted by atomic mass is 16.5. The van der Waals surface area contributed by atoms with Crippen LogP contribution in [0.5, 0.6) is 5.75 Å². The van der Waals surface area contributed by atoms with Crippen LogP contribution in [0.4, 0.5) is 0 Å². The van der Waals surface area contributed by atoms with Crippen LogP contribution in [0.15, 0.2) is 24.3 Å². The number of hydrogen-bond donors (Lipinski definition) is 1. The number of carbonyl (C=O) groups excluding carboxylic acids is 1. The molecular weight excluding hydrogens is 264 g/mol. The van der Waals surface area contributed by atoms with Gasteiger partial charge in [-0.15, -0.1) is 0 Å². The monoisotopic (exact) mass is 290 g/mol. The van der Waals surface area contributed by atoms with Gasteiger partial charge in [0.25, 0.3) is 0 Å². The molecule has 1 N–H and O–H groups in total. The zero-order valence-corrected chi connectivity index (χ0v) is 13.3. The second-order valence-electron chi connectivity index (χ2n) is 5.65. The van der Waals surface area contributed by atoms with E-state index in [1.807, 2.05) is 24.0 Å². The van der Waals surface area contributed by atoms with Gasteiger partial charge in [0.1, 0.15) is 5.75 Å². The van der Waals surface area contributed by atoms with E-state index in [4.69, 9.17) is 4.74 Å². The Balaban J connectivity index is 1.98. The van der Waals surface area contributed by atoms with Gasteiger partial charge in [0.05, 0.1) is 13.2 Å². The van der Waals surface area contributed by atoms with Crippen LogP contribution in [-0.4, -0.2) is 37.0 Å². The molecule has 0 aromatic heterocycles. The molecule has 1 fully saturated rings. The maximum atomic E-state index is 12.4. The van der Waals surface area contributed by atoms with Crippen molar-refractivity contribution in [2.75, 3.05) is 20.2 Å². The predicted octanol–water partition coefficient (Wildman–Crippen LogP) is 2.75. The van der Waals surface area contributed by atoms with E-state index in [9.17, 15) is 4.79 Å². The highest BCUT2D eigenvalue weighted by molar-refractivity contribution is 5.81. The molecule has 2 rings (SSSR count). The molecule has 0 saturated carbocycles. The molecule has 4 heteroatoms. The Hall–Kier alpha value is -1.55. The van der Waals surface area contributed by atoms with Crippen molar-refractivity contribution >= 4 is 5.91 Å². The van der Waals surface area contributed by atoms with E-state index in [0.29, 0.717) is 0 Å². The number of hydrogen-bond acceptors (Lipinski definition) is 3. The number of likely N-dealkylation sites (tertiary alicyclic amines) is 1. The van der Waals surface area contributed by atoms with Crippen molar-refractivity contribution < 1.29 is 9.53 Å². The van der Waals surface area contributed by atoms with Crippen LogP contribution < -0.4 is 10.1 Å². The molecular formula is C17H26N2O2. The fraction of sp³-hybridized carbons (Fsp3) is 0.588. The van der Waals surface area contributed by atoms with Gasteiger partial charge in [-0.1, -0.05) is 19.1 Å². The van der Waals surface area contributed by atoms with Gasteiger partial charge in [-0.25, -0.2) is 0 Å². The molecule has 1 saturated heterocycles. The molecule has 21 heavy (non-hydrogen) atoms. The van der Waals surface area contributed by atoms with Crippen molar-refractivity contribution in [3.63, 3.8) is 0 Å². The Morgan fingerprint density at radius 3 is 2.43 bits per heavy atom. The van der Waals surface area contributed by atoms with Crippen LogP contribution in [-0.2, 0) is 4.79 Å². The summed E-state index contributed by atoms with van der Waals surface area (Å²) in [6.45, 7) is 5.91. The highest BCUT2D eigenvalue weighted by Gasteiger charge is 2.24. The first kappa shape index (κ1) is 15.8. The molecule has 0 radical (unpaired) electrons. The summed E-state index contributed by atoms with van der Waals surface area (Å²) in [5.74, 6) is 1.08. The molecule has 1 aromatic rings. The smallest absolute Gasteiger partial charge is 0.239 e. The first-order valence-corrected chi connectivity index (χ1v) is 7.84. The van der Waals surface area contributed by atoms with Crippen LogP contribution >= 0.6 is 0 Å². The van der Waals surface area contributed by atoms with Crippen molar-refractivity contribution in [2.45, 2.75) is 45.2 Å². The molecule has 0 spiro atoms. The van der Waals surface area contributed by atoms with Gasteiger partial charge in [0.15, 0.2) is 0 Å². The number of nitrogens with zero attached hydrogens (tertiary/aromatic N) is 1. The summed E-state index contributed by atoms with van der Waals surface area (Å²) < 4.78 is 5.19. The number of amides is 1. The number of ether oxygens (including phenoxy) is 1. The lowest BCUT2D eigenvalue weighted by molar-refractivity contribution is -0.132. The molecule has 1 aromatic carbocycles. The lowest BCUT2D eigenvalue weighted by Gasteiger charge is -2.26. The average Bonchev–Trinajstić information content (AvgIpc) is 3.06. The number of benzene rings is 1. The minimum atomic E-state index is -0.143. The Kier molecular flexibility index (Phi) is 5.62. The van der Waals surface area contributed by atoms with E-state index in [1.165, 1.54) is 5.56 Å². The Morgan fingerprint density at radius 1 is 1.29 bits per heavy atom. The third-order valence-corrected chi connectivity index (χ3v) is 4.17. The Bertz CT molecular complexity index is 452. The lowest BCUT2D eigenvalue weighted by atomic mass is 10.0. The summed E-state index contributed by atoms with van der Waals surface area (Å²) in [6.07, 6.45) is 3.21. The van der Waals surface area contributed by atoms with Crippen molar-refractivity contribution in [1.29, 1.82) is 0 Å². The summed E-state index contributed by atoms with van der Waals surface area (Å²) >= 11 is 0. The Morgan fingerprint density at radius 2 is 1.90 bits per heavy atom. The van der Waals surface area contributed by atoms with Crippen molar-refractivity contribution in [2.24, 2.45) is 0 Å². The molecule has 4 nitrogen and oxygen atoms in total. The van der Waals surface area contributed by atoms with Crippen LogP contribution in [0.3, 0.4) is 0 Å². The fourth-order valence-corrected chi connectivity index (χ4v) is 2.87. The molecule has 1 amide bonds. The van der Waals surface area contributed by atoms with Crippen molar-refractivity contribution in [1.82, 2.24) is 10.2 Å². The van der Waals surface area contributed by atoms with Crippen LogP contribution in [0.25, 0.3) is 0 Å². The fourth-order valence-electron chi connectivity index (χ4n) is 2.87. The third kappa shape index (κ3) is 3.97. The zero-order valence-electron chi connectivity index (χ0n) is 13.3. The molecule has 2 unspecified atom stereocenters. The molecule has 116 valence electrons. The van der Waals surface area contributed by atoms with Gasteiger partial charge in [-0.3, -0.25) is 10.1 Å². The van der Waals surface area contributed by atoms with Crippen LogP contribution in [0, 0.1) is 0 Å². The van der Waals surface area contributed by atoms with Gasteiger partial charge in [-0.2, -0.15) is 0 Å². The van der Waals surface area contributed by atoms with E-state index in [1.54, 1.807) is 7.11 Å². The SMILES string of the molecule is CCC(NC(C)C(=O)N1CCCC1)c1ccc(OC)cc1. The van der Waals surface area contributed by atoms with Crippen molar-refractivity contribution in [3.05, 3.63) is 29.8 Å². The van der Waals surface area contributed by atoms with E-state index in [2.05, 4.69) is 24.4 Å². The second-order valence-corrected chi connectivity index (χ2v) is 5.65. The highest BCUT2D eigenvalue weighted by Crippen LogP contribution is 2.21. The summed E-state index contributed by atoms with van der Waals surface area (Å²) in [4.78, 5) is 14.3. The van der Waals surface area contributed by atoms with E-state index >= 15 is 0 Å². The largest absolute Gasteiger partial charge is 0.497 e. The van der Waals surface area contributed by atoms with E-state index in [0.717, 1.165) is 38.1 Å². The summed E-state index contributed by atoms with van der Waals surface area (Å²) in [5, 5.41) is 3.47. The lowest BCUT2D eigenvalue weighted by Crippen LogP contribution is -2.44. The average molecular weight is 290 g/mol. The molecule has 1 aliphatic heterocycles. The standard InChI is InChI=1S/C17H26N2O2/c1-4-16(14-7-9-15(21-3)10-8-14)18-13(2)17(20)19-11-5-6-12-19/h7-10,13,16,18H,4-6,11-12H2,1-3H3. The molecule has 2 atom stereocenters. The van der Waals surface area contributed by atoms with Gasteiger partial charge in [0.2, 0.25) is 5.91 Å². The second kappa shape index (κ2) is 7.46. The topological polar surface area (TPSA) is 41.6 Å². The third-order valence-electron chi connectivity index (χ3n) is 4.17. The molecule has 0 bridgehead atoms. The first-order chi connectivity index (χ1) is 10.2. The molecule has 1 heterocycles. The van der Waals surface area contributed by atoms with Crippen LogP contribution in [0.2, 0.25) is 0 Å². The Labute approximate surface area is 127 Å². The summed E-state index contributed by atoms with van der Waals surface area (Å²) in [6, 6.07) is 8.10. The summed E-state index contributed by atoms with van der Waals surface area (Å²) in [5.41, 5.74) is 1.19. The van der Waals surface area contributed by atoms with E-state index < -0.39 is 0 Å². The molecule has 1 aliphatic rings. The van der Waals surface area contributed by atoms with Crippen molar-refractivity contribution in [3.8, 4) is 5.75 Å². The van der Waals surface area contributed by atoms with Gasteiger partial charge in [0, 0.05) is 19.1 Å². The van der Waals surface area contributed by atoms with Crippen LogP contribution in [0.1, 0.15) is 44.7 Å². The normalized spacial score (nSPS) is 17.6. The number of nitrogens with one attached hydrogen (secondary N) is 1. The maximum Gasteiger partial charge on any atom is 0.239 e. The number of carbonyl (C=O) groups is 1.